The van der Waals surface area contributed by atoms with Crippen LogP contribution in [0, 0.1) is 5.92 Å². The predicted molar refractivity (Wildman–Crippen MR) is 126 cm³/mol. The molecule has 0 saturated heterocycles. The van der Waals surface area contributed by atoms with Crippen molar-refractivity contribution >= 4 is 28.2 Å². The molecule has 0 radical (unpaired) electrons. The number of anilines is 1. The normalized spacial score (nSPS) is 14.0. The van der Waals surface area contributed by atoms with Crippen LogP contribution in [0.25, 0.3) is 10.8 Å². The van der Waals surface area contributed by atoms with E-state index in [0.29, 0.717) is 5.69 Å². The first-order chi connectivity index (χ1) is 15.5. The molecule has 1 amide bonds. The Morgan fingerprint density at radius 3 is 2.28 bits per heavy atom. The SMILES string of the molecule is CNC(CC(CN)C(=O)C(Cc1ccccc1)NF)C(=O)Nc1ccc2ccccc2c1. The van der Waals surface area contributed by atoms with Crippen molar-refractivity contribution in [1.82, 2.24) is 10.9 Å². The smallest absolute Gasteiger partial charge is 0.241 e. The van der Waals surface area contributed by atoms with Gasteiger partial charge in [-0.3, -0.25) is 9.59 Å². The van der Waals surface area contributed by atoms with Crippen LogP contribution in [0.1, 0.15) is 12.0 Å². The number of carbonyl (C=O) groups excluding carboxylic acids is 2. The van der Waals surface area contributed by atoms with E-state index in [4.69, 9.17) is 5.73 Å². The maximum atomic E-state index is 13.5. The number of Topliss-reactive ketones (excluding diaryl/α,β-unsaturated/α-hetero) is 1. The van der Waals surface area contributed by atoms with Gasteiger partial charge in [-0.2, -0.15) is 0 Å². The zero-order valence-electron chi connectivity index (χ0n) is 18.1. The second-order valence-corrected chi connectivity index (χ2v) is 7.81. The maximum Gasteiger partial charge on any atom is 0.241 e. The van der Waals surface area contributed by atoms with Gasteiger partial charge in [0.1, 0.15) is 0 Å². The molecule has 7 heteroatoms. The molecule has 3 atom stereocenters. The van der Waals surface area contributed by atoms with Gasteiger partial charge >= 0.3 is 0 Å². The fraction of sp³-hybridized carbons (Fsp3) is 0.280. The molecule has 3 aromatic carbocycles. The van der Waals surface area contributed by atoms with Gasteiger partial charge in [-0.05, 0) is 48.4 Å². The molecule has 3 rings (SSSR count). The number of hydrogen-bond acceptors (Lipinski definition) is 5. The van der Waals surface area contributed by atoms with Gasteiger partial charge in [-0.1, -0.05) is 60.7 Å². The number of halogens is 1. The van der Waals surface area contributed by atoms with Crippen LogP contribution >= 0.6 is 0 Å². The lowest BCUT2D eigenvalue weighted by Gasteiger charge is -2.24. The van der Waals surface area contributed by atoms with Crippen LogP contribution in [0.15, 0.2) is 72.8 Å². The van der Waals surface area contributed by atoms with Crippen molar-refractivity contribution in [3.8, 4) is 0 Å². The Morgan fingerprint density at radius 2 is 1.62 bits per heavy atom. The third-order valence-corrected chi connectivity index (χ3v) is 5.65. The van der Waals surface area contributed by atoms with E-state index in [1.165, 1.54) is 0 Å². The molecule has 3 unspecified atom stereocenters. The summed E-state index contributed by atoms with van der Waals surface area (Å²) in [6.07, 6.45) is 0.373. The molecule has 0 aromatic heterocycles. The van der Waals surface area contributed by atoms with Crippen LogP contribution in [0.2, 0.25) is 0 Å². The van der Waals surface area contributed by atoms with Gasteiger partial charge in [0.05, 0.1) is 12.1 Å². The quantitative estimate of drug-likeness (QED) is 0.347. The highest BCUT2D eigenvalue weighted by Gasteiger charge is 2.30. The van der Waals surface area contributed by atoms with Crippen molar-refractivity contribution < 1.29 is 14.1 Å². The second kappa shape index (κ2) is 11.5. The van der Waals surface area contributed by atoms with Crippen molar-refractivity contribution in [2.75, 3.05) is 18.9 Å². The zero-order chi connectivity index (χ0) is 22.9. The largest absolute Gasteiger partial charge is 0.330 e. The highest BCUT2D eigenvalue weighted by molar-refractivity contribution is 5.98. The highest BCUT2D eigenvalue weighted by Crippen LogP contribution is 2.20. The molecule has 32 heavy (non-hydrogen) atoms. The zero-order valence-corrected chi connectivity index (χ0v) is 18.1. The van der Waals surface area contributed by atoms with E-state index in [9.17, 15) is 14.1 Å². The lowest BCUT2D eigenvalue weighted by Crippen LogP contribution is -2.46. The molecular formula is C25H29FN4O2. The number of fused-ring (bicyclic) bond motifs is 1. The first kappa shape index (κ1) is 23.5. The first-order valence-corrected chi connectivity index (χ1v) is 10.7. The Bertz CT molecular complexity index is 1040. The van der Waals surface area contributed by atoms with E-state index < -0.39 is 18.0 Å². The fourth-order valence-corrected chi connectivity index (χ4v) is 3.79. The maximum absolute atomic E-state index is 13.5. The summed E-state index contributed by atoms with van der Waals surface area (Å²) in [7, 11) is 1.65. The Labute approximate surface area is 187 Å². The van der Waals surface area contributed by atoms with Gasteiger partial charge in [-0.15, -0.1) is 10.0 Å². The lowest BCUT2D eigenvalue weighted by molar-refractivity contribution is -0.126. The topological polar surface area (TPSA) is 96.2 Å². The molecule has 0 aliphatic carbocycles. The molecule has 0 heterocycles. The van der Waals surface area contributed by atoms with Crippen molar-refractivity contribution in [2.45, 2.75) is 24.9 Å². The van der Waals surface area contributed by atoms with Gasteiger partial charge in [-0.25, -0.2) is 0 Å². The monoisotopic (exact) mass is 436 g/mol. The van der Waals surface area contributed by atoms with Crippen LogP contribution in [0.5, 0.6) is 0 Å². The van der Waals surface area contributed by atoms with Crippen LogP contribution in [-0.2, 0) is 16.0 Å². The van der Waals surface area contributed by atoms with Crippen molar-refractivity contribution in [3.05, 3.63) is 78.4 Å². The fourth-order valence-electron chi connectivity index (χ4n) is 3.79. The molecule has 168 valence electrons. The van der Waals surface area contributed by atoms with E-state index in [0.717, 1.165) is 16.3 Å². The summed E-state index contributed by atoms with van der Waals surface area (Å²) in [6.45, 7) is 0.0211. The van der Waals surface area contributed by atoms with Gasteiger partial charge in [0.25, 0.3) is 0 Å². The van der Waals surface area contributed by atoms with Crippen molar-refractivity contribution in [1.29, 1.82) is 0 Å². The van der Waals surface area contributed by atoms with E-state index >= 15 is 0 Å². The van der Waals surface area contributed by atoms with E-state index in [1.807, 2.05) is 72.8 Å². The highest BCUT2D eigenvalue weighted by atomic mass is 19.2. The molecule has 5 N–H and O–H groups in total. The Hall–Kier alpha value is -3.13. The first-order valence-electron chi connectivity index (χ1n) is 10.7. The molecule has 0 spiro atoms. The van der Waals surface area contributed by atoms with Crippen molar-refractivity contribution in [3.63, 3.8) is 0 Å². The van der Waals surface area contributed by atoms with Gasteiger partial charge in [0.15, 0.2) is 5.78 Å². The number of nitrogens with two attached hydrogens (primary N) is 1. The predicted octanol–water partition coefficient (Wildman–Crippen LogP) is 2.99. The van der Waals surface area contributed by atoms with Crippen LogP contribution in [-0.4, -0.2) is 37.4 Å². The van der Waals surface area contributed by atoms with E-state index in [2.05, 4.69) is 10.6 Å². The number of amides is 1. The Balaban J connectivity index is 1.66. The van der Waals surface area contributed by atoms with Crippen LogP contribution in [0.4, 0.5) is 10.2 Å². The van der Waals surface area contributed by atoms with Crippen LogP contribution in [0.3, 0.4) is 0 Å². The standard InChI is InChI=1S/C25H29FN4O2/c1-28-23(25(32)29-21-12-11-18-9-5-6-10-19(18)14-21)15-20(16-27)24(31)22(30-26)13-17-7-3-2-4-8-17/h2-12,14,20,22-23,28,30H,13,15-16,27H2,1H3,(H,29,32). The number of nitrogens with one attached hydrogen (secondary N) is 3. The Morgan fingerprint density at radius 1 is 0.938 bits per heavy atom. The summed E-state index contributed by atoms with van der Waals surface area (Å²) in [6, 6.07) is 21.1. The molecule has 6 nitrogen and oxygen atoms in total. The summed E-state index contributed by atoms with van der Waals surface area (Å²) < 4.78 is 13.5. The molecule has 0 saturated carbocycles. The average Bonchev–Trinajstić information content (AvgIpc) is 2.83. The number of hydrogen-bond donors (Lipinski definition) is 4. The molecule has 0 fully saturated rings. The average molecular weight is 437 g/mol. The summed E-state index contributed by atoms with van der Waals surface area (Å²) in [5.74, 6) is -1.30. The van der Waals surface area contributed by atoms with Gasteiger partial charge in [0, 0.05) is 18.2 Å². The minimum Gasteiger partial charge on any atom is -0.330 e. The third kappa shape index (κ3) is 5.97. The third-order valence-electron chi connectivity index (χ3n) is 5.65. The summed E-state index contributed by atoms with van der Waals surface area (Å²) in [5, 5.41) is 7.93. The molecule has 0 aliphatic heterocycles. The van der Waals surface area contributed by atoms with E-state index in [1.54, 1.807) is 12.6 Å². The number of ketones is 1. The van der Waals surface area contributed by atoms with Gasteiger partial charge in [0.2, 0.25) is 5.91 Å². The van der Waals surface area contributed by atoms with Crippen molar-refractivity contribution in [2.24, 2.45) is 11.7 Å². The minimum absolute atomic E-state index is 0.0211. The molecule has 3 aromatic rings. The van der Waals surface area contributed by atoms with Gasteiger partial charge < -0.3 is 16.4 Å². The summed E-state index contributed by atoms with van der Waals surface area (Å²) in [4.78, 5) is 25.8. The second-order valence-electron chi connectivity index (χ2n) is 7.81. The Kier molecular flexibility index (Phi) is 8.44. The van der Waals surface area contributed by atoms with E-state index in [-0.39, 0.29) is 31.1 Å². The van der Waals surface area contributed by atoms with Crippen LogP contribution < -0.4 is 21.9 Å². The lowest BCUT2D eigenvalue weighted by atomic mass is 9.89. The molecule has 0 aliphatic rings. The summed E-state index contributed by atoms with van der Waals surface area (Å²) in [5.41, 5.74) is 8.97. The number of carbonyl (C=O) groups is 2. The minimum atomic E-state index is -1.02. The molecular weight excluding hydrogens is 407 g/mol. The molecule has 0 bridgehead atoms. The number of likely N-dealkylation sites (N-methyl/N-ethyl adjacent to an activating group) is 1. The number of benzene rings is 3. The summed E-state index contributed by atoms with van der Waals surface area (Å²) >= 11 is 0. The number of rotatable bonds is 11.